The Balaban J connectivity index is 1.34. The first kappa shape index (κ1) is 26.2. The minimum absolute atomic E-state index is 0.0852. The molecule has 0 unspecified atom stereocenters. The summed E-state index contributed by atoms with van der Waals surface area (Å²) in [6.45, 7) is 4.72. The van der Waals surface area contributed by atoms with Crippen LogP contribution in [0.5, 0.6) is 0 Å². The van der Waals surface area contributed by atoms with Crippen LogP contribution < -0.4 is 4.90 Å². The molecule has 0 atom stereocenters. The molecule has 0 spiro atoms. The lowest BCUT2D eigenvalue weighted by atomic mass is 9.82. The van der Waals surface area contributed by atoms with E-state index in [1.165, 1.54) is 81.4 Å². The molecule has 9 rings (SSSR count). The highest BCUT2D eigenvalue weighted by Gasteiger charge is 2.38. The van der Waals surface area contributed by atoms with Crippen LogP contribution in [0.1, 0.15) is 25.0 Å². The molecule has 0 saturated heterocycles. The summed E-state index contributed by atoms with van der Waals surface area (Å²) >= 11 is 1.87. The van der Waals surface area contributed by atoms with E-state index < -0.39 is 0 Å². The quantitative estimate of drug-likeness (QED) is 0.196. The van der Waals surface area contributed by atoms with Crippen molar-refractivity contribution in [2.75, 3.05) is 4.90 Å². The number of benzene rings is 7. The van der Waals surface area contributed by atoms with Gasteiger partial charge in [0.15, 0.2) is 0 Å². The largest absolute Gasteiger partial charge is 0.309 e. The normalized spacial score (nSPS) is 13.3. The first-order valence-electron chi connectivity index (χ1n) is 15.6. The highest BCUT2D eigenvalue weighted by atomic mass is 32.1. The van der Waals surface area contributed by atoms with Gasteiger partial charge in [0.05, 0.1) is 17.1 Å². The second kappa shape index (κ2) is 9.92. The molecule has 0 fully saturated rings. The van der Waals surface area contributed by atoms with Gasteiger partial charge in [-0.15, -0.1) is 11.3 Å². The number of rotatable bonds is 4. The van der Waals surface area contributed by atoms with Gasteiger partial charge >= 0.3 is 0 Å². The topological polar surface area (TPSA) is 3.24 Å². The molecule has 0 amide bonds. The maximum atomic E-state index is 2.52. The lowest BCUT2D eigenvalue weighted by molar-refractivity contribution is 0.660. The molecule has 8 aromatic rings. The molecule has 45 heavy (non-hydrogen) atoms. The summed E-state index contributed by atoms with van der Waals surface area (Å²) in [5, 5.41) is 5.12. The Hall–Kier alpha value is -5.18. The minimum Gasteiger partial charge on any atom is -0.309 e. The molecule has 1 nitrogen and oxygen atoms in total. The minimum atomic E-state index is -0.0852. The van der Waals surface area contributed by atoms with Gasteiger partial charge in [0.25, 0.3) is 0 Å². The van der Waals surface area contributed by atoms with E-state index in [4.69, 9.17) is 0 Å². The molecule has 0 radical (unpaired) electrons. The van der Waals surface area contributed by atoms with Crippen LogP contribution in [0.4, 0.5) is 17.1 Å². The SMILES string of the molecule is CC1(C)c2ccccc2-c2c(N(c3ccccc3-c3ccc4c(c3)sc3ccccc34)c3cccc4ccccc34)cccc21. The fraction of sp³-hybridized carbons (Fsp3) is 0.0698. The van der Waals surface area contributed by atoms with Crippen LogP contribution in [0.25, 0.3) is 53.2 Å². The highest BCUT2D eigenvalue weighted by Crippen LogP contribution is 2.55. The van der Waals surface area contributed by atoms with Crippen LogP contribution in [0.15, 0.2) is 152 Å². The van der Waals surface area contributed by atoms with E-state index in [1.807, 2.05) is 11.3 Å². The molecule has 1 aromatic heterocycles. The van der Waals surface area contributed by atoms with Gasteiger partial charge in [-0.05, 0) is 58.0 Å². The molecule has 2 heteroatoms. The lowest BCUT2D eigenvalue weighted by Gasteiger charge is -2.31. The van der Waals surface area contributed by atoms with Crippen molar-refractivity contribution in [2.24, 2.45) is 0 Å². The van der Waals surface area contributed by atoms with Gasteiger partial charge < -0.3 is 4.90 Å². The molecular weight excluding hydrogens is 563 g/mol. The summed E-state index contributed by atoms with van der Waals surface area (Å²) in [4.78, 5) is 2.52. The number of nitrogens with zero attached hydrogens (tertiary/aromatic N) is 1. The average molecular weight is 594 g/mol. The van der Waals surface area contributed by atoms with Crippen LogP contribution >= 0.6 is 11.3 Å². The lowest BCUT2D eigenvalue weighted by Crippen LogP contribution is -2.16. The van der Waals surface area contributed by atoms with Crippen molar-refractivity contribution in [3.8, 4) is 22.3 Å². The number of fused-ring (bicyclic) bond motifs is 7. The van der Waals surface area contributed by atoms with E-state index in [0.29, 0.717) is 0 Å². The summed E-state index contributed by atoms with van der Waals surface area (Å²) in [6.07, 6.45) is 0. The molecule has 0 N–H and O–H groups in total. The maximum absolute atomic E-state index is 2.52. The zero-order chi connectivity index (χ0) is 30.1. The Morgan fingerprint density at radius 3 is 2.00 bits per heavy atom. The van der Waals surface area contributed by atoms with Gasteiger partial charge in [0.1, 0.15) is 0 Å². The summed E-state index contributed by atoms with van der Waals surface area (Å²) in [6, 6.07) is 55.9. The third-order valence-electron chi connectivity index (χ3n) is 9.67. The van der Waals surface area contributed by atoms with Crippen molar-refractivity contribution >= 4 is 59.3 Å². The van der Waals surface area contributed by atoms with E-state index in [-0.39, 0.29) is 5.41 Å². The van der Waals surface area contributed by atoms with Crippen LogP contribution in [-0.2, 0) is 5.41 Å². The zero-order valence-corrected chi connectivity index (χ0v) is 26.1. The van der Waals surface area contributed by atoms with Crippen molar-refractivity contribution in [3.05, 3.63) is 163 Å². The van der Waals surface area contributed by atoms with E-state index in [9.17, 15) is 0 Å². The average Bonchev–Trinajstić information content (AvgIpc) is 3.57. The predicted octanol–water partition coefficient (Wildman–Crippen LogP) is 12.7. The Morgan fingerprint density at radius 1 is 0.467 bits per heavy atom. The summed E-state index contributed by atoms with van der Waals surface area (Å²) in [5.74, 6) is 0. The molecule has 1 heterocycles. The molecular formula is C43H31NS. The number of hydrogen-bond acceptors (Lipinski definition) is 2. The van der Waals surface area contributed by atoms with E-state index in [2.05, 4.69) is 170 Å². The molecule has 1 aliphatic carbocycles. The summed E-state index contributed by atoms with van der Waals surface area (Å²) in [5.41, 5.74) is 11.3. The van der Waals surface area contributed by atoms with Crippen molar-refractivity contribution in [2.45, 2.75) is 19.3 Å². The van der Waals surface area contributed by atoms with Crippen LogP contribution in [0.2, 0.25) is 0 Å². The fourth-order valence-electron chi connectivity index (χ4n) is 7.52. The second-order valence-electron chi connectivity index (χ2n) is 12.5. The van der Waals surface area contributed by atoms with Gasteiger partial charge in [-0.3, -0.25) is 0 Å². The Morgan fingerprint density at radius 2 is 1.09 bits per heavy atom. The van der Waals surface area contributed by atoms with Gasteiger partial charge in [-0.25, -0.2) is 0 Å². The molecule has 0 saturated carbocycles. The molecule has 0 aliphatic heterocycles. The summed E-state index contributed by atoms with van der Waals surface area (Å²) < 4.78 is 2.65. The summed E-state index contributed by atoms with van der Waals surface area (Å²) in [7, 11) is 0. The van der Waals surface area contributed by atoms with Gasteiger partial charge in [0, 0.05) is 42.1 Å². The van der Waals surface area contributed by atoms with Gasteiger partial charge in [-0.1, -0.05) is 135 Å². The van der Waals surface area contributed by atoms with Crippen molar-refractivity contribution in [1.82, 2.24) is 0 Å². The molecule has 1 aliphatic rings. The third-order valence-corrected chi connectivity index (χ3v) is 10.8. The van der Waals surface area contributed by atoms with E-state index in [0.717, 1.165) is 0 Å². The standard InChI is InChI=1S/C43H31NS/c1-43(2)35-19-8-5-18-34(35)42-36(43)20-12-23-39(42)44(38-22-11-14-28-13-3-4-15-30(28)38)37-21-9-6-16-31(37)29-25-26-33-32-17-7-10-24-40(32)45-41(33)27-29/h3-27H,1-2H3. The first-order chi connectivity index (χ1) is 22.1. The van der Waals surface area contributed by atoms with Crippen LogP contribution in [0, 0.1) is 0 Å². The Bertz CT molecular complexity index is 2420. The van der Waals surface area contributed by atoms with Gasteiger partial charge in [0.2, 0.25) is 0 Å². The molecule has 0 bridgehead atoms. The third kappa shape index (κ3) is 3.92. The smallest absolute Gasteiger partial charge is 0.0543 e. The number of hydrogen-bond donors (Lipinski definition) is 0. The Labute approximate surface area is 267 Å². The molecule has 7 aromatic carbocycles. The van der Waals surface area contributed by atoms with E-state index in [1.54, 1.807) is 0 Å². The first-order valence-corrected chi connectivity index (χ1v) is 16.4. The fourth-order valence-corrected chi connectivity index (χ4v) is 8.67. The highest BCUT2D eigenvalue weighted by molar-refractivity contribution is 7.25. The second-order valence-corrected chi connectivity index (χ2v) is 13.6. The van der Waals surface area contributed by atoms with Gasteiger partial charge in [-0.2, -0.15) is 0 Å². The van der Waals surface area contributed by atoms with Crippen LogP contribution in [-0.4, -0.2) is 0 Å². The number of thiophene rings is 1. The van der Waals surface area contributed by atoms with Crippen molar-refractivity contribution < 1.29 is 0 Å². The van der Waals surface area contributed by atoms with Crippen molar-refractivity contribution in [3.63, 3.8) is 0 Å². The zero-order valence-electron chi connectivity index (χ0n) is 25.3. The molecule has 214 valence electrons. The monoisotopic (exact) mass is 593 g/mol. The Kier molecular flexibility index (Phi) is 5.78. The number of anilines is 3. The van der Waals surface area contributed by atoms with Crippen LogP contribution in [0.3, 0.4) is 0 Å². The van der Waals surface area contributed by atoms with Crippen molar-refractivity contribution in [1.29, 1.82) is 0 Å². The van der Waals surface area contributed by atoms with E-state index >= 15 is 0 Å². The maximum Gasteiger partial charge on any atom is 0.0543 e. The number of para-hydroxylation sites is 1. The predicted molar refractivity (Wildman–Crippen MR) is 195 cm³/mol.